The molecular weight excluding hydrogens is 483 g/mol. The molecule has 194 valence electrons. The summed E-state index contributed by atoms with van der Waals surface area (Å²) in [7, 11) is 0. The number of likely N-dealkylation sites (tertiary alicyclic amines) is 1. The number of aromatic carboxylic acids is 1. The lowest BCUT2D eigenvalue weighted by Gasteiger charge is -2.23. The van der Waals surface area contributed by atoms with Crippen molar-refractivity contribution >= 4 is 22.8 Å². The Kier molecular flexibility index (Phi) is 7.38. The number of halogens is 1. The van der Waals surface area contributed by atoms with Gasteiger partial charge in [-0.15, -0.1) is 0 Å². The number of carboxylic acids is 1. The highest BCUT2D eigenvalue weighted by Crippen LogP contribution is 2.34. The molecule has 0 saturated carbocycles. The number of fused-ring (bicyclic) bond motifs is 1. The lowest BCUT2D eigenvalue weighted by Crippen LogP contribution is -2.33. The van der Waals surface area contributed by atoms with Crippen molar-refractivity contribution < 1.29 is 23.8 Å². The topological polar surface area (TPSA) is 78.9 Å². The maximum atomic E-state index is 14.1. The number of carbonyl (C=O) groups is 2. The third-order valence-corrected chi connectivity index (χ3v) is 7.26. The Hall–Kier alpha value is -4.23. The predicted molar refractivity (Wildman–Crippen MR) is 144 cm³/mol. The summed E-state index contributed by atoms with van der Waals surface area (Å²) in [5.41, 5.74) is 2.16. The number of carbonyl (C=O) groups excluding carboxylic acids is 1. The van der Waals surface area contributed by atoms with Crippen molar-refractivity contribution in [1.82, 2.24) is 10.2 Å². The van der Waals surface area contributed by atoms with E-state index in [2.05, 4.69) is 42.6 Å². The number of hydrogen-bond acceptors (Lipinski definition) is 4. The van der Waals surface area contributed by atoms with Crippen LogP contribution in [0.1, 0.15) is 40.4 Å². The minimum absolute atomic E-state index is 0.0381. The zero-order chi connectivity index (χ0) is 26.6. The van der Waals surface area contributed by atoms with Crippen molar-refractivity contribution in [1.29, 1.82) is 0 Å². The molecule has 0 aliphatic carbocycles. The smallest absolute Gasteiger partial charge is 0.415 e. The van der Waals surface area contributed by atoms with Gasteiger partial charge >= 0.3 is 12.1 Å². The van der Waals surface area contributed by atoms with E-state index in [9.17, 15) is 14.0 Å². The predicted octanol–water partition coefficient (Wildman–Crippen LogP) is 6.24. The average Bonchev–Trinajstić information content (AvgIpc) is 3.36. The number of nitrogens with one attached hydrogen (secondary N) is 1. The van der Waals surface area contributed by atoms with Crippen molar-refractivity contribution in [2.24, 2.45) is 5.92 Å². The summed E-state index contributed by atoms with van der Waals surface area (Å²) in [5, 5.41) is 15.1. The summed E-state index contributed by atoms with van der Waals surface area (Å²) in [4.78, 5) is 25.7. The summed E-state index contributed by atoms with van der Waals surface area (Å²) >= 11 is 0. The third-order valence-electron chi connectivity index (χ3n) is 7.26. The van der Waals surface area contributed by atoms with Gasteiger partial charge in [-0.25, -0.2) is 14.0 Å². The zero-order valence-electron chi connectivity index (χ0n) is 21.0. The highest BCUT2D eigenvalue weighted by Gasteiger charge is 2.37. The normalized spacial score (nSPS) is 17.9. The molecule has 0 aromatic heterocycles. The van der Waals surface area contributed by atoms with Crippen LogP contribution >= 0.6 is 0 Å². The number of carboxylic acid groups (broad SMARTS) is 1. The zero-order valence-corrected chi connectivity index (χ0v) is 21.0. The van der Waals surface area contributed by atoms with Crippen LogP contribution in [0.5, 0.6) is 5.75 Å². The second-order valence-corrected chi connectivity index (χ2v) is 9.72. The van der Waals surface area contributed by atoms with Crippen LogP contribution in [0.2, 0.25) is 0 Å². The van der Waals surface area contributed by atoms with E-state index in [0.717, 1.165) is 5.56 Å². The van der Waals surface area contributed by atoms with E-state index >= 15 is 0 Å². The Morgan fingerprint density at radius 2 is 1.74 bits per heavy atom. The fraction of sp³-hybridized carbons (Fsp3) is 0.226. The minimum atomic E-state index is -1.05. The van der Waals surface area contributed by atoms with E-state index in [1.165, 1.54) is 52.7 Å². The molecular formula is C31H29FN2O4. The summed E-state index contributed by atoms with van der Waals surface area (Å²) in [6.45, 7) is 3.59. The summed E-state index contributed by atoms with van der Waals surface area (Å²) in [5.74, 6) is -1.12. The number of hydrogen-bond donors (Lipinski definition) is 2. The highest BCUT2D eigenvalue weighted by molar-refractivity contribution is 5.88. The largest absolute Gasteiger partial charge is 0.478 e. The second-order valence-electron chi connectivity index (χ2n) is 9.72. The third kappa shape index (κ3) is 5.53. The van der Waals surface area contributed by atoms with Crippen LogP contribution in [0.15, 0.2) is 91.0 Å². The molecule has 0 spiro atoms. The van der Waals surface area contributed by atoms with Gasteiger partial charge in [0.2, 0.25) is 0 Å². The molecule has 0 unspecified atom stereocenters. The molecule has 7 heteroatoms. The van der Waals surface area contributed by atoms with Crippen molar-refractivity contribution in [3.8, 4) is 5.75 Å². The molecule has 0 bridgehead atoms. The van der Waals surface area contributed by atoms with Gasteiger partial charge < -0.3 is 20.1 Å². The molecule has 1 fully saturated rings. The maximum Gasteiger partial charge on any atom is 0.415 e. The van der Waals surface area contributed by atoms with Crippen molar-refractivity contribution in [2.75, 3.05) is 19.6 Å². The first-order valence-corrected chi connectivity index (χ1v) is 12.7. The Bertz CT molecular complexity index is 1450. The van der Waals surface area contributed by atoms with E-state index in [4.69, 9.17) is 9.84 Å². The Balaban J connectivity index is 1.31. The fourth-order valence-electron chi connectivity index (χ4n) is 5.24. The van der Waals surface area contributed by atoms with Crippen LogP contribution in [-0.4, -0.2) is 41.7 Å². The summed E-state index contributed by atoms with van der Waals surface area (Å²) in [6.07, 6.45) is -0.515. The minimum Gasteiger partial charge on any atom is -0.478 e. The van der Waals surface area contributed by atoms with E-state index in [0.29, 0.717) is 19.6 Å². The standard InChI is InChI=1S/C31H29FN2O4/c1-20(27-11-5-7-21-6-2-3-10-28(21)27)33-17-24-18-34(19-29(24)23-8-4-9-25(32)16-23)31(37)38-26-14-12-22(13-15-26)30(35)36/h2-16,20,24,29,33H,17-19H2,1H3,(H,35,36)/t20-,24-,29-/m1/s1. The lowest BCUT2D eigenvalue weighted by molar-refractivity contribution is 0.0697. The van der Waals surface area contributed by atoms with Crippen LogP contribution in [0.25, 0.3) is 10.8 Å². The van der Waals surface area contributed by atoms with Gasteiger partial charge in [-0.1, -0.05) is 54.6 Å². The monoisotopic (exact) mass is 512 g/mol. The molecule has 1 aliphatic heterocycles. The van der Waals surface area contributed by atoms with Gasteiger partial charge in [-0.05, 0) is 71.1 Å². The quantitative estimate of drug-likeness (QED) is 0.306. The summed E-state index contributed by atoms with van der Waals surface area (Å²) in [6, 6.07) is 26.9. The maximum absolute atomic E-state index is 14.1. The van der Waals surface area contributed by atoms with Gasteiger partial charge in [0.1, 0.15) is 11.6 Å². The molecule has 1 amide bonds. The van der Waals surface area contributed by atoms with Crippen LogP contribution in [-0.2, 0) is 0 Å². The first kappa shape index (κ1) is 25.4. The van der Waals surface area contributed by atoms with E-state index in [-0.39, 0.29) is 35.0 Å². The number of ether oxygens (including phenoxy) is 1. The molecule has 2 N–H and O–H groups in total. The SMILES string of the molecule is C[C@@H](NC[C@@H]1CN(C(=O)Oc2ccc(C(=O)O)cc2)C[C@@H]1c1cccc(F)c1)c1cccc2ccccc12. The molecule has 5 rings (SSSR count). The molecule has 4 aromatic rings. The van der Waals surface area contributed by atoms with Crippen LogP contribution < -0.4 is 10.1 Å². The Labute approximate surface area is 220 Å². The van der Waals surface area contributed by atoms with Gasteiger partial charge in [-0.3, -0.25) is 0 Å². The van der Waals surface area contributed by atoms with Gasteiger partial charge in [-0.2, -0.15) is 0 Å². The molecule has 38 heavy (non-hydrogen) atoms. The lowest BCUT2D eigenvalue weighted by atomic mass is 9.88. The van der Waals surface area contributed by atoms with Crippen LogP contribution in [0.4, 0.5) is 9.18 Å². The number of nitrogens with zero attached hydrogens (tertiary/aromatic N) is 1. The first-order chi connectivity index (χ1) is 18.4. The van der Waals surface area contributed by atoms with E-state index < -0.39 is 12.1 Å². The molecule has 0 radical (unpaired) electrons. The van der Waals surface area contributed by atoms with Crippen LogP contribution in [0.3, 0.4) is 0 Å². The molecule has 3 atom stereocenters. The van der Waals surface area contributed by atoms with E-state index in [1.54, 1.807) is 11.0 Å². The number of rotatable bonds is 7. The molecule has 4 aromatic carbocycles. The highest BCUT2D eigenvalue weighted by atomic mass is 19.1. The van der Waals surface area contributed by atoms with Crippen molar-refractivity contribution in [3.05, 3.63) is 114 Å². The first-order valence-electron chi connectivity index (χ1n) is 12.7. The van der Waals surface area contributed by atoms with E-state index in [1.807, 2.05) is 18.2 Å². The van der Waals surface area contributed by atoms with Gasteiger partial charge in [0.25, 0.3) is 0 Å². The molecule has 1 heterocycles. The second kappa shape index (κ2) is 11.0. The van der Waals surface area contributed by atoms with Gasteiger partial charge in [0, 0.05) is 31.6 Å². The van der Waals surface area contributed by atoms with Crippen LogP contribution in [0, 0.1) is 11.7 Å². The molecule has 1 aliphatic rings. The van der Waals surface area contributed by atoms with Gasteiger partial charge in [0.05, 0.1) is 5.56 Å². The summed E-state index contributed by atoms with van der Waals surface area (Å²) < 4.78 is 19.6. The molecule has 1 saturated heterocycles. The van der Waals surface area contributed by atoms with Crippen molar-refractivity contribution in [3.63, 3.8) is 0 Å². The fourth-order valence-corrected chi connectivity index (χ4v) is 5.24. The van der Waals surface area contributed by atoms with Crippen molar-refractivity contribution in [2.45, 2.75) is 18.9 Å². The average molecular weight is 513 g/mol. The Morgan fingerprint density at radius 1 is 1.00 bits per heavy atom. The van der Waals surface area contributed by atoms with Gasteiger partial charge in [0.15, 0.2) is 0 Å². The molecule has 6 nitrogen and oxygen atoms in total. The Morgan fingerprint density at radius 3 is 2.50 bits per heavy atom. The number of benzene rings is 4. The number of amides is 1.